The van der Waals surface area contributed by atoms with Gasteiger partial charge in [0.1, 0.15) is 6.04 Å². The molecule has 2 amide bonds. The minimum absolute atomic E-state index is 0.116. The third-order valence-corrected chi connectivity index (χ3v) is 5.83. The SMILES string of the molecule is CCN(CCc1ccccn1)C(=O)[C@H]1CCCN1C(=O)C1CCCCC1. The van der Waals surface area contributed by atoms with Gasteiger partial charge >= 0.3 is 0 Å². The van der Waals surface area contributed by atoms with Crippen LogP contribution in [0.5, 0.6) is 0 Å². The summed E-state index contributed by atoms with van der Waals surface area (Å²) in [7, 11) is 0. The number of pyridine rings is 1. The minimum atomic E-state index is -0.256. The lowest BCUT2D eigenvalue weighted by Crippen LogP contribution is -2.50. The highest BCUT2D eigenvalue weighted by molar-refractivity contribution is 5.89. The van der Waals surface area contributed by atoms with Crippen LogP contribution in [0.1, 0.15) is 57.6 Å². The van der Waals surface area contributed by atoms with E-state index in [1.807, 2.05) is 34.9 Å². The first-order chi connectivity index (χ1) is 12.7. The van der Waals surface area contributed by atoms with Gasteiger partial charge in [0.15, 0.2) is 0 Å². The number of aromatic nitrogens is 1. The summed E-state index contributed by atoms with van der Waals surface area (Å²) in [5, 5.41) is 0. The Balaban J connectivity index is 1.61. The maximum atomic E-state index is 13.1. The number of likely N-dealkylation sites (tertiary alicyclic amines) is 1. The molecule has 0 aromatic carbocycles. The van der Waals surface area contributed by atoms with Gasteiger partial charge in [-0.3, -0.25) is 14.6 Å². The molecule has 1 aliphatic carbocycles. The van der Waals surface area contributed by atoms with Gasteiger partial charge < -0.3 is 9.80 Å². The summed E-state index contributed by atoms with van der Waals surface area (Å²) in [5.41, 5.74) is 1.00. The summed E-state index contributed by atoms with van der Waals surface area (Å²) < 4.78 is 0. The summed E-state index contributed by atoms with van der Waals surface area (Å²) in [6, 6.07) is 5.61. The maximum absolute atomic E-state index is 13.1. The molecule has 2 fully saturated rings. The molecule has 0 unspecified atom stereocenters. The van der Waals surface area contributed by atoms with Crippen LogP contribution in [0.15, 0.2) is 24.4 Å². The van der Waals surface area contributed by atoms with Crippen LogP contribution in [0.25, 0.3) is 0 Å². The number of likely N-dealkylation sites (N-methyl/N-ethyl adjacent to an activating group) is 1. The predicted molar refractivity (Wildman–Crippen MR) is 102 cm³/mol. The number of hydrogen-bond acceptors (Lipinski definition) is 3. The number of carbonyl (C=O) groups is 2. The van der Waals surface area contributed by atoms with Gasteiger partial charge in [0.05, 0.1) is 0 Å². The van der Waals surface area contributed by atoms with Gasteiger partial charge in [-0.05, 0) is 44.7 Å². The van der Waals surface area contributed by atoms with Gasteiger partial charge in [-0.1, -0.05) is 25.3 Å². The predicted octanol–water partition coefficient (Wildman–Crippen LogP) is 3.04. The van der Waals surface area contributed by atoms with Crippen LogP contribution in [0.2, 0.25) is 0 Å². The Bertz CT molecular complexity index is 599. The number of amides is 2. The van der Waals surface area contributed by atoms with Crippen LogP contribution >= 0.6 is 0 Å². The molecule has 0 N–H and O–H groups in total. The minimum Gasteiger partial charge on any atom is -0.341 e. The second-order valence-electron chi connectivity index (χ2n) is 7.51. The maximum Gasteiger partial charge on any atom is 0.245 e. The van der Waals surface area contributed by atoms with Crippen molar-refractivity contribution in [2.75, 3.05) is 19.6 Å². The highest BCUT2D eigenvalue weighted by Crippen LogP contribution is 2.29. The molecule has 2 heterocycles. The Kier molecular flexibility index (Phi) is 6.64. The first-order valence-electron chi connectivity index (χ1n) is 10.2. The van der Waals surface area contributed by atoms with E-state index in [1.165, 1.54) is 6.42 Å². The standard InChI is InChI=1S/C21H31N3O2/c1-2-23(16-13-18-11-6-7-14-22-18)21(26)19-12-8-15-24(19)20(25)17-9-4-3-5-10-17/h6-7,11,14,17,19H,2-5,8-10,12-13,15-16H2,1H3/t19-/m1/s1. The zero-order valence-corrected chi connectivity index (χ0v) is 15.9. The molecule has 2 aliphatic rings. The normalized spacial score (nSPS) is 21.0. The Hall–Kier alpha value is -1.91. The quantitative estimate of drug-likeness (QED) is 0.786. The molecular weight excluding hydrogens is 326 g/mol. The van der Waals surface area contributed by atoms with Crippen molar-refractivity contribution in [3.05, 3.63) is 30.1 Å². The van der Waals surface area contributed by atoms with Gasteiger partial charge in [-0.25, -0.2) is 0 Å². The van der Waals surface area contributed by atoms with E-state index in [0.717, 1.165) is 57.2 Å². The molecule has 1 aliphatic heterocycles. The van der Waals surface area contributed by atoms with E-state index in [4.69, 9.17) is 0 Å². The molecule has 0 bridgehead atoms. The summed E-state index contributed by atoms with van der Waals surface area (Å²) in [6.45, 7) is 4.09. The third kappa shape index (κ3) is 4.43. The lowest BCUT2D eigenvalue weighted by molar-refractivity contribution is -0.146. The van der Waals surface area contributed by atoms with E-state index in [-0.39, 0.29) is 23.8 Å². The van der Waals surface area contributed by atoms with Crippen molar-refractivity contribution < 1.29 is 9.59 Å². The van der Waals surface area contributed by atoms with E-state index in [1.54, 1.807) is 6.20 Å². The third-order valence-electron chi connectivity index (χ3n) is 5.83. The van der Waals surface area contributed by atoms with Crippen molar-refractivity contribution in [2.24, 2.45) is 5.92 Å². The van der Waals surface area contributed by atoms with Crippen molar-refractivity contribution in [3.8, 4) is 0 Å². The molecule has 1 saturated carbocycles. The summed E-state index contributed by atoms with van der Waals surface area (Å²) in [5.74, 6) is 0.479. The molecule has 3 rings (SSSR count). The molecule has 1 saturated heterocycles. The molecule has 0 radical (unpaired) electrons. The molecular formula is C21H31N3O2. The summed E-state index contributed by atoms with van der Waals surface area (Å²) >= 11 is 0. The zero-order chi connectivity index (χ0) is 18.4. The molecule has 1 aromatic rings. The number of nitrogens with zero attached hydrogens (tertiary/aromatic N) is 3. The van der Waals surface area contributed by atoms with Gasteiger partial charge in [0.2, 0.25) is 11.8 Å². The molecule has 0 spiro atoms. The molecule has 1 aromatic heterocycles. The zero-order valence-electron chi connectivity index (χ0n) is 15.9. The van der Waals surface area contributed by atoms with Crippen LogP contribution in [-0.2, 0) is 16.0 Å². The van der Waals surface area contributed by atoms with Gasteiger partial charge in [-0.2, -0.15) is 0 Å². The second kappa shape index (κ2) is 9.15. The Labute approximate surface area is 156 Å². The van der Waals surface area contributed by atoms with Crippen LogP contribution < -0.4 is 0 Å². The van der Waals surface area contributed by atoms with E-state index in [9.17, 15) is 9.59 Å². The lowest BCUT2D eigenvalue weighted by Gasteiger charge is -2.33. The van der Waals surface area contributed by atoms with Gasteiger partial charge in [-0.15, -0.1) is 0 Å². The monoisotopic (exact) mass is 357 g/mol. The molecule has 26 heavy (non-hydrogen) atoms. The number of hydrogen-bond donors (Lipinski definition) is 0. The lowest BCUT2D eigenvalue weighted by atomic mass is 9.88. The van der Waals surface area contributed by atoms with Crippen LogP contribution in [0, 0.1) is 5.92 Å². The Morgan fingerprint density at radius 3 is 2.65 bits per heavy atom. The second-order valence-corrected chi connectivity index (χ2v) is 7.51. The molecule has 5 heteroatoms. The van der Waals surface area contributed by atoms with Crippen LogP contribution in [0.3, 0.4) is 0 Å². The fourth-order valence-corrected chi connectivity index (χ4v) is 4.30. The largest absolute Gasteiger partial charge is 0.341 e. The number of carbonyl (C=O) groups excluding carboxylic acids is 2. The van der Waals surface area contributed by atoms with Crippen molar-refractivity contribution in [2.45, 2.75) is 64.3 Å². The van der Waals surface area contributed by atoms with Crippen LogP contribution in [-0.4, -0.2) is 52.3 Å². The Morgan fingerprint density at radius 2 is 1.96 bits per heavy atom. The first-order valence-corrected chi connectivity index (χ1v) is 10.2. The molecule has 142 valence electrons. The Morgan fingerprint density at radius 1 is 1.15 bits per heavy atom. The molecule has 1 atom stereocenters. The average molecular weight is 357 g/mol. The first kappa shape index (κ1) is 18.9. The van der Waals surface area contributed by atoms with Crippen molar-refractivity contribution >= 4 is 11.8 Å². The van der Waals surface area contributed by atoms with Crippen molar-refractivity contribution in [3.63, 3.8) is 0 Å². The smallest absolute Gasteiger partial charge is 0.245 e. The number of rotatable bonds is 6. The highest BCUT2D eigenvalue weighted by atomic mass is 16.2. The van der Waals surface area contributed by atoms with Crippen molar-refractivity contribution in [1.82, 2.24) is 14.8 Å². The summed E-state index contributed by atoms with van der Waals surface area (Å²) in [6.07, 6.45) is 9.80. The fraction of sp³-hybridized carbons (Fsp3) is 0.667. The highest BCUT2D eigenvalue weighted by Gasteiger charge is 2.38. The van der Waals surface area contributed by atoms with E-state index >= 15 is 0 Å². The topological polar surface area (TPSA) is 53.5 Å². The van der Waals surface area contributed by atoms with Crippen LogP contribution in [0.4, 0.5) is 0 Å². The van der Waals surface area contributed by atoms with Gasteiger partial charge in [0, 0.05) is 43.9 Å². The summed E-state index contributed by atoms with van der Waals surface area (Å²) in [4.78, 5) is 34.2. The van der Waals surface area contributed by atoms with Crippen molar-refractivity contribution in [1.29, 1.82) is 0 Å². The van der Waals surface area contributed by atoms with E-state index < -0.39 is 0 Å². The molecule has 5 nitrogen and oxygen atoms in total. The van der Waals surface area contributed by atoms with E-state index in [0.29, 0.717) is 13.1 Å². The fourth-order valence-electron chi connectivity index (χ4n) is 4.30. The average Bonchev–Trinajstić information content (AvgIpc) is 3.19. The van der Waals surface area contributed by atoms with E-state index in [2.05, 4.69) is 4.98 Å². The van der Waals surface area contributed by atoms with Gasteiger partial charge in [0.25, 0.3) is 0 Å².